The maximum atomic E-state index is 4.20. The monoisotopic (exact) mass is 515 g/mol. The molecule has 0 aliphatic carbocycles. The summed E-state index contributed by atoms with van der Waals surface area (Å²) in [5, 5.41) is 21.0. The van der Waals surface area contributed by atoms with Gasteiger partial charge in [-0.1, -0.05) is 0 Å². The number of rotatable bonds is 6. The molecule has 3 N–H and O–H groups in total. The summed E-state index contributed by atoms with van der Waals surface area (Å²) in [6, 6.07) is 5.77. The van der Waals surface area contributed by atoms with Crippen molar-refractivity contribution in [1.29, 1.82) is 0 Å². The third-order valence-corrected chi connectivity index (χ3v) is 16.3. The van der Waals surface area contributed by atoms with E-state index in [0.717, 1.165) is 16.8 Å². The summed E-state index contributed by atoms with van der Waals surface area (Å²) in [6.45, 7) is 21.7. The van der Waals surface area contributed by atoms with E-state index in [0.29, 0.717) is 16.2 Å². The van der Waals surface area contributed by atoms with Crippen LogP contribution in [0.5, 0.6) is 0 Å². The SMILES string of the molecule is CC(C)(C)[CH2][Zr]([CH2]C(C)(C)C)[CH2]C(C)(C)C.c1cc(B(c2cc[nH]n2)c2cc[nH]n2)n[nH]1. The van der Waals surface area contributed by atoms with Gasteiger partial charge in [-0.15, -0.1) is 0 Å². The fourth-order valence-electron chi connectivity index (χ4n) is 4.19. The molecule has 0 bridgehead atoms. The van der Waals surface area contributed by atoms with E-state index in [1.54, 1.807) is 31.0 Å². The second-order valence-corrected chi connectivity index (χ2v) is 18.7. The quantitative estimate of drug-likeness (QED) is 0.426. The summed E-state index contributed by atoms with van der Waals surface area (Å²) in [7, 11) is 0. The third kappa shape index (κ3) is 10.0. The van der Waals surface area contributed by atoms with Crippen LogP contribution in [0.3, 0.4) is 0 Å². The van der Waals surface area contributed by atoms with Gasteiger partial charge in [0, 0.05) is 35.4 Å². The fraction of sp³-hybridized carbons (Fsp3) is 0.625. The van der Waals surface area contributed by atoms with E-state index in [1.807, 2.05) is 18.2 Å². The van der Waals surface area contributed by atoms with E-state index in [-0.39, 0.29) is 6.71 Å². The van der Waals surface area contributed by atoms with Crippen molar-refractivity contribution in [2.45, 2.75) is 74.7 Å². The summed E-state index contributed by atoms with van der Waals surface area (Å²) in [5.74, 6) is 0. The predicted octanol–water partition coefficient (Wildman–Crippen LogP) is 4.37. The topological polar surface area (TPSA) is 86.0 Å². The van der Waals surface area contributed by atoms with Gasteiger partial charge in [0.05, 0.1) is 0 Å². The minimum Gasteiger partial charge on any atom is -0.286 e. The number of H-pyrrole nitrogens is 3. The third-order valence-electron chi connectivity index (χ3n) is 4.80. The Morgan fingerprint density at radius 1 is 0.594 bits per heavy atom. The molecule has 0 unspecified atom stereocenters. The van der Waals surface area contributed by atoms with E-state index in [1.165, 1.54) is 0 Å². The molecule has 3 heterocycles. The predicted molar refractivity (Wildman–Crippen MR) is 133 cm³/mol. The van der Waals surface area contributed by atoms with Gasteiger partial charge in [-0.05, 0) is 18.2 Å². The largest absolute Gasteiger partial charge is 0.317 e. The molecule has 0 fully saturated rings. The summed E-state index contributed by atoms with van der Waals surface area (Å²) in [5.41, 5.74) is 4.35. The van der Waals surface area contributed by atoms with Crippen molar-refractivity contribution in [2.24, 2.45) is 16.2 Å². The average molecular weight is 517 g/mol. The molecule has 8 heteroatoms. The Morgan fingerprint density at radius 2 is 0.875 bits per heavy atom. The van der Waals surface area contributed by atoms with Crippen LogP contribution >= 0.6 is 0 Å². The zero-order chi connectivity index (χ0) is 24.0. The van der Waals surface area contributed by atoms with Crippen LogP contribution < -0.4 is 16.8 Å². The standard InChI is InChI=1S/C9H9BN6.3C5H11.Zr/c1-4-11-14-7(1)10(8-2-5-12-15-8)9-3-6-13-16-9;3*1-5(2,3)4;/h1-6H,(H,11,14)(H,12,15)(H,13,16);3*1H2,2-4H3;. The minimum atomic E-state index is -1.22. The normalized spacial score (nSPS) is 12.3. The van der Waals surface area contributed by atoms with Crippen molar-refractivity contribution in [2.75, 3.05) is 0 Å². The van der Waals surface area contributed by atoms with Crippen LogP contribution in [0.25, 0.3) is 0 Å². The molecule has 0 aliphatic rings. The van der Waals surface area contributed by atoms with Crippen LogP contribution in [0.4, 0.5) is 0 Å². The minimum absolute atomic E-state index is 0.0382. The van der Waals surface area contributed by atoms with Crippen molar-refractivity contribution in [3.05, 3.63) is 36.8 Å². The molecule has 6 nitrogen and oxygen atoms in total. The maximum absolute atomic E-state index is 4.20. The van der Waals surface area contributed by atoms with E-state index in [2.05, 4.69) is 92.9 Å². The Morgan fingerprint density at radius 3 is 1.06 bits per heavy atom. The number of nitrogens with one attached hydrogen (secondary N) is 3. The zero-order valence-corrected chi connectivity index (χ0v) is 24.0. The van der Waals surface area contributed by atoms with Gasteiger partial charge in [0.2, 0.25) is 0 Å². The summed E-state index contributed by atoms with van der Waals surface area (Å²) in [4.78, 5) is 0. The Balaban J connectivity index is 0.000000227. The van der Waals surface area contributed by atoms with Gasteiger partial charge in [-0.25, -0.2) is 0 Å². The van der Waals surface area contributed by atoms with Crippen molar-refractivity contribution < 1.29 is 21.8 Å². The Kier molecular flexibility index (Phi) is 9.33. The molecule has 0 aromatic carbocycles. The van der Waals surface area contributed by atoms with Crippen LogP contribution in [0.15, 0.2) is 36.8 Å². The summed E-state index contributed by atoms with van der Waals surface area (Å²) in [6.07, 6.45) is 5.38. The van der Waals surface area contributed by atoms with E-state index >= 15 is 0 Å². The van der Waals surface area contributed by atoms with Crippen LogP contribution in [-0.4, -0.2) is 37.3 Å². The molecule has 0 spiro atoms. The van der Waals surface area contributed by atoms with Crippen molar-refractivity contribution in [3.63, 3.8) is 0 Å². The molecular weight excluding hydrogens is 474 g/mol. The zero-order valence-electron chi connectivity index (χ0n) is 21.5. The smallest absolute Gasteiger partial charge is 0.286 e. The first-order chi connectivity index (χ1) is 14.7. The van der Waals surface area contributed by atoms with Crippen molar-refractivity contribution in [1.82, 2.24) is 30.6 Å². The van der Waals surface area contributed by atoms with E-state index < -0.39 is 21.8 Å². The van der Waals surface area contributed by atoms with Gasteiger partial charge >= 0.3 is 119 Å². The summed E-state index contributed by atoms with van der Waals surface area (Å²) < 4.78 is 4.64. The van der Waals surface area contributed by atoms with Crippen LogP contribution in [0.2, 0.25) is 12.4 Å². The molecule has 3 aromatic rings. The first-order valence-electron chi connectivity index (χ1n) is 11.6. The first-order valence-corrected chi connectivity index (χ1v) is 16.8. The molecule has 32 heavy (non-hydrogen) atoms. The molecule has 0 radical (unpaired) electrons. The van der Waals surface area contributed by atoms with Gasteiger partial charge in [-0.2, -0.15) is 15.3 Å². The molecule has 3 aromatic heterocycles. The van der Waals surface area contributed by atoms with Crippen molar-refractivity contribution >= 4 is 23.5 Å². The van der Waals surface area contributed by atoms with Crippen molar-refractivity contribution in [3.8, 4) is 0 Å². The Hall–Kier alpha value is -1.42. The first kappa shape index (κ1) is 26.8. The van der Waals surface area contributed by atoms with Gasteiger partial charge in [0.25, 0.3) is 0 Å². The number of aromatic amines is 3. The molecule has 0 saturated heterocycles. The molecular formula is C24H42BN6Zr. The van der Waals surface area contributed by atoms with Crippen LogP contribution in [0.1, 0.15) is 62.3 Å². The molecule has 0 amide bonds. The van der Waals surface area contributed by atoms with Gasteiger partial charge in [0.1, 0.15) is 0 Å². The molecule has 0 aliphatic heterocycles. The second-order valence-electron chi connectivity index (χ2n) is 12.4. The number of hydrogen-bond donors (Lipinski definition) is 3. The number of aromatic nitrogens is 6. The second kappa shape index (κ2) is 11.1. The maximum Gasteiger partial charge on any atom is 0.317 e. The Labute approximate surface area is 202 Å². The Bertz CT molecular complexity index is 749. The number of hydrogen-bond acceptors (Lipinski definition) is 3. The summed E-state index contributed by atoms with van der Waals surface area (Å²) >= 11 is -1.22. The molecule has 3 rings (SSSR count). The van der Waals surface area contributed by atoms with Gasteiger partial charge in [-0.3, -0.25) is 15.3 Å². The van der Waals surface area contributed by atoms with Gasteiger partial charge < -0.3 is 0 Å². The van der Waals surface area contributed by atoms with Gasteiger partial charge in [0.15, 0.2) is 0 Å². The fourth-order valence-corrected chi connectivity index (χ4v) is 16.2. The van der Waals surface area contributed by atoms with Crippen LogP contribution in [0, 0.1) is 16.2 Å². The number of nitrogens with zero attached hydrogens (tertiary/aromatic N) is 3. The average Bonchev–Trinajstić information content (AvgIpc) is 3.36. The molecule has 0 atom stereocenters. The van der Waals surface area contributed by atoms with Crippen LogP contribution in [-0.2, 0) is 21.8 Å². The molecule has 175 valence electrons. The molecule has 0 saturated carbocycles. The van der Waals surface area contributed by atoms with E-state index in [9.17, 15) is 0 Å². The van der Waals surface area contributed by atoms with E-state index in [4.69, 9.17) is 0 Å².